The highest BCUT2D eigenvalue weighted by Gasteiger charge is 2.58. The number of halogens is 1. The topological polar surface area (TPSA) is 146 Å². The quantitative estimate of drug-likeness (QED) is 0.404. The molecule has 186 valence electrons. The second-order valence-electron chi connectivity index (χ2n) is 9.55. The number of anilines is 1. The van der Waals surface area contributed by atoms with Crippen LogP contribution in [0.3, 0.4) is 0 Å². The van der Waals surface area contributed by atoms with Crippen LogP contribution in [0.4, 0.5) is 5.69 Å². The molecule has 3 atom stereocenters. The van der Waals surface area contributed by atoms with Crippen LogP contribution in [-0.4, -0.2) is 45.0 Å². The minimum Gasteiger partial charge on any atom is -0.481 e. The van der Waals surface area contributed by atoms with E-state index in [0.717, 1.165) is 0 Å². The van der Waals surface area contributed by atoms with E-state index >= 15 is 0 Å². The molecule has 0 saturated heterocycles. The number of rotatable bonds is 8. The first kappa shape index (κ1) is 26.2. The van der Waals surface area contributed by atoms with Crippen LogP contribution in [0.1, 0.15) is 49.5 Å². The number of pyridine rings is 1. The van der Waals surface area contributed by atoms with E-state index in [1.54, 1.807) is 57.2 Å². The highest BCUT2D eigenvalue weighted by Crippen LogP contribution is 2.56. The van der Waals surface area contributed by atoms with Crippen molar-refractivity contribution in [1.29, 1.82) is 0 Å². The van der Waals surface area contributed by atoms with E-state index in [-0.39, 0.29) is 17.1 Å². The minimum absolute atomic E-state index is 0.0209. The van der Waals surface area contributed by atoms with Crippen LogP contribution in [0.5, 0.6) is 0 Å². The van der Waals surface area contributed by atoms with Gasteiger partial charge in [-0.3, -0.25) is 14.4 Å². The molecule has 0 aliphatic heterocycles. The summed E-state index contributed by atoms with van der Waals surface area (Å²) in [5.41, 5.74) is -0.580. The largest absolute Gasteiger partial charge is 0.481 e. The highest BCUT2D eigenvalue weighted by atomic mass is 35.5. The van der Waals surface area contributed by atoms with E-state index in [1.807, 2.05) is 0 Å². The number of aromatic nitrogens is 1. The van der Waals surface area contributed by atoms with Gasteiger partial charge in [-0.1, -0.05) is 37.6 Å². The molecule has 35 heavy (non-hydrogen) atoms. The Morgan fingerprint density at radius 1 is 1.11 bits per heavy atom. The fourth-order valence-corrected chi connectivity index (χ4v) is 4.73. The van der Waals surface area contributed by atoms with Gasteiger partial charge >= 0.3 is 11.9 Å². The standard InChI is InChI=1S/C25H28ClN3O6/c1-24(2)17(10-11-25(24,3)23(34)35)21(31)29-18(22(32)33)13-14-6-8-15(9-7-14)28-20(30)16-5-4-12-27-19(16)26/h4-9,12,17-18H,10-11,13H2,1-3H3,(H,28,30)(H,29,31)(H,32,33)(H,34,35)/t17-,18?,25+/m1/s1. The van der Waals surface area contributed by atoms with Gasteiger partial charge in [0.2, 0.25) is 5.91 Å². The van der Waals surface area contributed by atoms with Crippen molar-refractivity contribution in [3.05, 3.63) is 58.9 Å². The monoisotopic (exact) mass is 501 g/mol. The minimum atomic E-state index is -1.20. The van der Waals surface area contributed by atoms with Crippen LogP contribution < -0.4 is 10.6 Å². The maximum Gasteiger partial charge on any atom is 0.326 e. The van der Waals surface area contributed by atoms with Crippen LogP contribution >= 0.6 is 11.6 Å². The Labute approximate surface area is 207 Å². The first-order chi connectivity index (χ1) is 16.4. The number of aliphatic carboxylic acids is 2. The molecular formula is C25H28ClN3O6. The first-order valence-electron chi connectivity index (χ1n) is 11.1. The SMILES string of the molecule is CC1(C)[C@@H](C(=O)NC(Cc2ccc(NC(=O)c3cccnc3Cl)cc2)C(=O)O)CC[C@@]1(C)C(=O)O. The molecule has 0 spiro atoms. The molecule has 1 heterocycles. The molecule has 0 bridgehead atoms. The van der Waals surface area contributed by atoms with Gasteiger partial charge in [-0.2, -0.15) is 0 Å². The smallest absolute Gasteiger partial charge is 0.326 e. The van der Waals surface area contributed by atoms with Crippen molar-refractivity contribution in [2.75, 3.05) is 5.32 Å². The molecule has 1 aliphatic rings. The molecule has 1 saturated carbocycles. The van der Waals surface area contributed by atoms with Crippen LogP contribution in [-0.2, 0) is 20.8 Å². The predicted molar refractivity (Wildman–Crippen MR) is 129 cm³/mol. The number of carboxylic acid groups (broad SMARTS) is 2. The van der Waals surface area contributed by atoms with E-state index in [9.17, 15) is 29.4 Å². The summed E-state index contributed by atoms with van der Waals surface area (Å²) >= 11 is 5.94. The third kappa shape index (κ3) is 5.30. The van der Waals surface area contributed by atoms with Gasteiger partial charge in [-0.25, -0.2) is 9.78 Å². The van der Waals surface area contributed by atoms with Crippen molar-refractivity contribution in [3.8, 4) is 0 Å². The first-order valence-corrected chi connectivity index (χ1v) is 11.5. The summed E-state index contributed by atoms with van der Waals surface area (Å²) in [7, 11) is 0. The number of hydrogen-bond donors (Lipinski definition) is 4. The average Bonchev–Trinajstić information content (AvgIpc) is 3.04. The summed E-state index contributed by atoms with van der Waals surface area (Å²) in [4.78, 5) is 52.9. The normalized spacial score (nSPS) is 21.7. The lowest BCUT2D eigenvalue weighted by molar-refractivity contribution is -0.155. The number of carbonyl (C=O) groups is 4. The number of benzene rings is 1. The molecule has 2 aromatic rings. The van der Waals surface area contributed by atoms with E-state index in [2.05, 4.69) is 15.6 Å². The number of carbonyl (C=O) groups excluding carboxylic acids is 2. The number of carboxylic acids is 2. The van der Waals surface area contributed by atoms with Gasteiger partial charge in [0, 0.05) is 24.2 Å². The van der Waals surface area contributed by atoms with Gasteiger partial charge in [0.15, 0.2) is 0 Å². The molecular weight excluding hydrogens is 474 g/mol. The van der Waals surface area contributed by atoms with E-state index < -0.39 is 46.5 Å². The lowest BCUT2D eigenvalue weighted by Crippen LogP contribution is -2.49. The van der Waals surface area contributed by atoms with Gasteiger partial charge in [-0.15, -0.1) is 0 Å². The number of nitrogens with zero attached hydrogens (tertiary/aromatic N) is 1. The Kier molecular flexibility index (Phi) is 7.50. The van der Waals surface area contributed by atoms with Gasteiger partial charge < -0.3 is 20.8 Å². The third-order valence-corrected chi connectivity index (χ3v) is 7.59. The Morgan fingerprint density at radius 2 is 1.77 bits per heavy atom. The zero-order valence-corrected chi connectivity index (χ0v) is 20.4. The molecule has 0 radical (unpaired) electrons. The van der Waals surface area contributed by atoms with Gasteiger partial charge in [0.1, 0.15) is 11.2 Å². The van der Waals surface area contributed by atoms with Gasteiger partial charge in [0.25, 0.3) is 5.91 Å². The maximum atomic E-state index is 13.0. The van der Waals surface area contributed by atoms with Gasteiger partial charge in [-0.05, 0) is 55.0 Å². The molecule has 1 fully saturated rings. The lowest BCUT2D eigenvalue weighted by atomic mass is 9.65. The number of hydrogen-bond acceptors (Lipinski definition) is 5. The zero-order valence-electron chi connectivity index (χ0n) is 19.7. The van der Waals surface area contributed by atoms with Crippen LogP contribution in [0.15, 0.2) is 42.6 Å². The molecule has 1 aromatic carbocycles. The van der Waals surface area contributed by atoms with Crippen molar-refractivity contribution in [3.63, 3.8) is 0 Å². The summed E-state index contributed by atoms with van der Waals surface area (Å²) in [5, 5.41) is 24.7. The maximum absolute atomic E-state index is 13.0. The summed E-state index contributed by atoms with van der Waals surface area (Å²) in [6.07, 6.45) is 2.20. The lowest BCUT2D eigenvalue weighted by Gasteiger charge is -2.38. The van der Waals surface area contributed by atoms with Gasteiger partial charge in [0.05, 0.1) is 11.0 Å². The molecule has 9 nitrogen and oxygen atoms in total. The van der Waals surface area contributed by atoms with Crippen LogP contribution in [0.25, 0.3) is 0 Å². The second-order valence-corrected chi connectivity index (χ2v) is 9.90. The van der Waals surface area contributed by atoms with Crippen molar-refractivity contribution < 1.29 is 29.4 Å². The van der Waals surface area contributed by atoms with Crippen LogP contribution in [0.2, 0.25) is 5.15 Å². The molecule has 1 unspecified atom stereocenters. The highest BCUT2D eigenvalue weighted by molar-refractivity contribution is 6.33. The number of amides is 2. The third-order valence-electron chi connectivity index (χ3n) is 7.28. The van der Waals surface area contributed by atoms with E-state index in [1.165, 1.54) is 6.20 Å². The second kappa shape index (κ2) is 10.0. The summed E-state index contributed by atoms with van der Waals surface area (Å²) in [6, 6.07) is 8.51. The average molecular weight is 502 g/mol. The molecule has 4 N–H and O–H groups in total. The number of nitrogens with one attached hydrogen (secondary N) is 2. The Hall–Kier alpha value is -3.46. The Bertz CT molecular complexity index is 1150. The summed E-state index contributed by atoms with van der Waals surface area (Å²) < 4.78 is 0. The molecule has 3 rings (SSSR count). The fraction of sp³-hybridized carbons (Fsp3) is 0.400. The van der Waals surface area contributed by atoms with Crippen LogP contribution in [0, 0.1) is 16.7 Å². The van der Waals surface area contributed by atoms with Crippen molar-refractivity contribution >= 4 is 41.0 Å². The molecule has 10 heteroatoms. The van der Waals surface area contributed by atoms with Crippen molar-refractivity contribution in [2.45, 2.75) is 46.1 Å². The van der Waals surface area contributed by atoms with E-state index in [0.29, 0.717) is 24.1 Å². The zero-order chi connectivity index (χ0) is 26.0. The fourth-order valence-electron chi connectivity index (χ4n) is 4.53. The molecule has 1 aliphatic carbocycles. The molecule has 1 aromatic heterocycles. The van der Waals surface area contributed by atoms with E-state index in [4.69, 9.17) is 11.6 Å². The Balaban J connectivity index is 1.66. The molecule has 2 amide bonds. The van der Waals surface area contributed by atoms with Crippen molar-refractivity contribution in [1.82, 2.24) is 10.3 Å². The van der Waals surface area contributed by atoms with Crippen molar-refractivity contribution in [2.24, 2.45) is 16.7 Å². The predicted octanol–water partition coefficient (Wildman–Crippen LogP) is 3.63. The summed E-state index contributed by atoms with van der Waals surface area (Å²) in [5.74, 6) is -3.68. The summed E-state index contributed by atoms with van der Waals surface area (Å²) in [6.45, 7) is 5.10. The Morgan fingerprint density at radius 3 is 2.31 bits per heavy atom.